The Labute approximate surface area is 110 Å². The number of carbonyl (C=O) groups is 1. The molecule has 0 bridgehead atoms. The Morgan fingerprint density at radius 3 is 2.28 bits per heavy atom. The molecule has 0 radical (unpaired) electrons. The summed E-state index contributed by atoms with van der Waals surface area (Å²) in [4.78, 5) is 13.6. The minimum atomic E-state index is -1.37. The molecular weight excluding hydrogens is 254 g/mol. The second-order valence-corrected chi connectivity index (χ2v) is 5.42. The van der Waals surface area contributed by atoms with Gasteiger partial charge in [0.25, 0.3) is 5.91 Å². The van der Waals surface area contributed by atoms with E-state index in [9.17, 15) is 4.79 Å². The molecule has 0 saturated heterocycles. The molecule has 1 rings (SSSR count). The van der Waals surface area contributed by atoms with Gasteiger partial charge in [0.1, 0.15) is 5.54 Å². The minimum Gasteiger partial charge on any atom is -0.394 e. The molecule has 1 aromatic heterocycles. The van der Waals surface area contributed by atoms with E-state index < -0.39 is 25.4 Å². The van der Waals surface area contributed by atoms with Crippen LogP contribution in [0, 0.1) is 6.92 Å². The third-order valence-corrected chi connectivity index (χ3v) is 4.23. The number of rotatable bonds is 6. The fraction of sp³-hybridized carbons (Fsp3) is 0.583. The van der Waals surface area contributed by atoms with Gasteiger partial charge >= 0.3 is 0 Å². The van der Waals surface area contributed by atoms with Crippen molar-refractivity contribution in [1.82, 2.24) is 5.32 Å². The van der Waals surface area contributed by atoms with Crippen LogP contribution in [-0.2, 0) is 6.42 Å². The number of hydrogen-bond donors (Lipinski definition) is 4. The fourth-order valence-corrected chi connectivity index (χ4v) is 2.56. The lowest BCUT2D eigenvalue weighted by molar-refractivity contribution is 0.0377. The first-order valence-corrected chi connectivity index (χ1v) is 6.58. The number of carbonyl (C=O) groups excluding carboxylic acids is 1. The van der Waals surface area contributed by atoms with E-state index in [1.165, 1.54) is 11.3 Å². The third-order valence-electron chi connectivity index (χ3n) is 2.85. The van der Waals surface area contributed by atoms with E-state index in [0.29, 0.717) is 4.88 Å². The number of aryl methyl sites for hydroxylation is 2. The summed E-state index contributed by atoms with van der Waals surface area (Å²) < 4.78 is 0. The van der Waals surface area contributed by atoms with Crippen molar-refractivity contribution in [2.75, 3.05) is 19.8 Å². The maximum Gasteiger partial charge on any atom is 0.262 e. The molecule has 6 heteroatoms. The second-order valence-electron chi connectivity index (χ2n) is 4.28. The van der Waals surface area contributed by atoms with Gasteiger partial charge in [-0.05, 0) is 25.0 Å². The van der Waals surface area contributed by atoms with Gasteiger partial charge in [-0.3, -0.25) is 4.79 Å². The van der Waals surface area contributed by atoms with Crippen molar-refractivity contribution in [1.29, 1.82) is 0 Å². The van der Waals surface area contributed by atoms with Crippen LogP contribution in [0.4, 0.5) is 0 Å². The Morgan fingerprint density at radius 2 is 1.89 bits per heavy atom. The van der Waals surface area contributed by atoms with Crippen molar-refractivity contribution in [2.24, 2.45) is 0 Å². The highest BCUT2D eigenvalue weighted by atomic mass is 32.1. The molecule has 0 unspecified atom stereocenters. The summed E-state index contributed by atoms with van der Waals surface area (Å²) >= 11 is 1.38. The van der Waals surface area contributed by atoms with Crippen LogP contribution >= 0.6 is 11.3 Å². The summed E-state index contributed by atoms with van der Waals surface area (Å²) in [5.74, 6) is -0.389. The largest absolute Gasteiger partial charge is 0.394 e. The Kier molecular flexibility index (Phi) is 5.28. The molecule has 0 atom stereocenters. The van der Waals surface area contributed by atoms with E-state index in [2.05, 4.69) is 5.32 Å². The predicted molar refractivity (Wildman–Crippen MR) is 69.9 cm³/mol. The molecule has 0 fully saturated rings. The van der Waals surface area contributed by atoms with E-state index in [4.69, 9.17) is 15.3 Å². The molecule has 4 N–H and O–H groups in total. The lowest BCUT2D eigenvalue weighted by atomic mass is 10.0. The molecule has 0 spiro atoms. The van der Waals surface area contributed by atoms with Crippen molar-refractivity contribution >= 4 is 17.2 Å². The van der Waals surface area contributed by atoms with Crippen LogP contribution in [0.2, 0.25) is 0 Å². The molecule has 0 aliphatic heterocycles. The molecule has 1 aromatic rings. The zero-order valence-electron chi connectivity index (χ0n) is 10.6. The summed E-state index contributed by atoms with van der Waals surface area (Å²) in [6.45, 7) is 2.40. The molecule has 0 aliphatic rings. The summed E-state index contributed by atoms with van der Waals surface area (Å²) in [5.41, 5.74) is -0.323. The van der Waals surface area contributed by atoms with Crippen LogP contribution in [0.15, 0.2) is 6.07 Å². The zero-order valence-corrected chi connectivity index (χ0v) is 11.4. The number of aliphatic hydroxyl groups is 3. The Balaban J connectivity index is 2.87. The average Bonchev–Trinajstić information content (AvgIpc) is 2.77. The lowest BCUT2D eigenvalue weighted by Gasteiger charge is -2.28. The highest BCUT2D eigenvalue weighted by Crippen LogP contribution is 2.22. The Hall–Kier alpha value is -0.950. The summed E-state index contributed by atoms with van der Waals surface area (Å²) in [5, 5.41) is 29.9. The van der Waals surface area contributed by atoms with Crippen molar-refractivity contribution < 1.29 is 20.1 Å². The van der Waals surface area contributed by atoms with Crippen LogP contribution in [0.25, 0.3) is 0 Å². The predicted octanol–water partition coefficient (Wildman–Crippen LogP) is 0.0644. The van der Waals surface area contributed by atoms with Gasteiger partial charge in [-0.1, -0.05) is 6.92 Å². The molecule has 5 nitrogen and oxygen atoms in total. The van der Waals surface area contributed by atoms with Gasteiger partial charge in [-0.15, -0.1) is 11.3 Å². The normalized spacial score (nSPS) is 11.6. The first-order valence-electron chi connectivity index (χ1n) is 5.76. The van der Waals surface area contributed by atoms with E-state index in [0.717, 1.165) is 16.9 Å². The van der Waals surface area contributed by atoms with E-state index in [1.807, 2.05) is 13.8 Å². The van der Waals surface area contributed by atoms with Crippen LogP contribution in [0.3, 0.4) is 0 Å². The Bertz CT molecular complexity index is 404. The van der Waals surface area contributed by atoms with Gasteiger partial charge in [0.2, 0.25) is 0 Å². The van der Waals surface area contributed by atoms with Crippen molar-refractivity contribution in [3.8, 4) is 0 Å². The van der Waals surface area contributed by atoms with Crippen LogP contribution in [0.1, 0.15) is 27.0 Å². The summed E-state index contributed by atoms with van der Waals surface area (Å²) in [7, 11) is 0. The maximum absolute atomic E-state index is 12.0. The number of hydrogen-bond acceptors (Lipinski definition) is 5. The third kappa shape index (κ3) is 3.08. The zero-order chi connectivity index (χ0) is 13.8. The van der Waals surface area contributed by atoms with Gasteiger partial charge in [0.15, 0.2) is 0 Å². The van der Waals surface area contributed by atoms with Gasteiger partial charge < -0.3 is 20.6 Å². The molecule has 0 aliphatic carbocycles. The first kappa shape index (κ1) is 15.1. The highest BCUT2D eigenvalue weighted by molar-refractivity contribution is 7.14. The first-order chi connectivity index (χ1) is 8.51. The van der Waals surface area contributed by atoms with Crippen LogP contribution < -0.4 is 5.32 Å². The van der Waals surface area contributed by atoms with Crippen molar-refractivity contribution in [2.45, 2.75) is 25.8 Å². The van der Waals surface area contributed by atoms with Crippen LogP contribution in [-0.4, -0.2) is 46.6 Å². The molecular formula is C12H19NO4S. The minimum absolute atomic E-state index is 0.389. The molecule has 1 amide bonds. The van der Waals surface area contributed by atoms with E-state index >= 15 is 0 Å². The van der Waals surface area contributed by atoms with Gasteiger partial charge in [-0.25, -0.2) is 0 Å². The fourth-order valence-electron chi connectivity index (χ4n) is 1.55. The van der Waals surface area contributed by atoms with Crippen LogP contribution in [0.5, 0.6) is 0 Å². The number of nitrogens with one attached hydrogen (secondary N) is 1. The smallest absolute Gasteiger partial charge is 0.262 e. The molecule has 0 saturated carbocycles. The molecule has 18 heavy (non-hydrogen) atoms. The lowest BCUT2D eigenvalue weighted by Crippen LogP contribution is -2.56. The molecule has 0 aromatic carbocycles. The highest BCUT2D eigenvalue weighted by Gasteiger charge is 2.30. The SMILES string of the molecule is CCc1sc(C(=O)NC(CO)(CO)CO)cc1C. The number of thiophene rings is 1. The quantitative estimate of drug-likeness (QED) is 0.590. The monoisotopic (exact) mass is 273 g/mol. The summed E-state index contributed by atoms with van der Waals surface area (Å²) in [6, 6.07) is 1.77. The van der Waals surface area contributed by atoms with Crippen molar-refractivity contribution in [3.05, 3.63) is 21.4 Å². The number of aliphatic hydroxyl groups excluding tert-OH is 3. The van der Waals surface area contributed by atoms with Gasteiger partial charge in [0.05, 0.1) is 24.7 Å². The Morgan fingerprint density at radius 1 is 1.33 bits per heavy atom. The molecule has 102 valence electrons. The summed E-state index contributed by atoms with van der Waals surface area (Å²) in [6.07, 6.45) is 0.856. The van der Waals surface area contributed by atoms with Gasteiger partial charge in [0, 0.05) is 4.88 Å². The van der Waals surface area contributed by atoms with E-state index in [1.54, 1.807) is 6.07 Å². The van der Waals surface area contributed by atoms with Gasteiger partial charge in [-0.2, -0.15) is 0 Å². The van der Waals surface area contributed by atoms with Crippen molar-refractivity contribution in [3.63, 3.8) is 0 Å². The topological polar surface area (TPSA) is 89.8 Å². The number of amides is 1. The average molecular weight is 273 g/mol. The molecule has 1 heterocycles. The maximum atomic E-state index is 12.0. The second kappa shape index (κ2) is 6.29. The van der Waals surface area contributed by atoms with E-state index in [-0.39, 0.29) is 5.91 Å². The standard InChI is InChI=1S/C12H19NO4S/c1-3-9-8(2)4-10(18-9)11(17)13-12(5-14,6-15)7-16/h4,14-16H,3,5-7H2,1-2H3,(H,13,17).